The Morgan fingerprint density at radius 3 is 1.61 bits per heavy atom. The zero-order valence-electron chi connectivity index (χ0n) is 37.5. The molecule has 9 aromatic rings. The van der Waals surface area contributed by atoms with Crippen LogP contribution in [0.4, 0.5) is 17.1 Å². The van der Waals surface area contributed by atoms with E-state index in [1.807, 2.05) is 22.7 Å². The predicted molar refractivity (Wildman–Crippen MR) is 272 cm³/mol. The summed E-state index contributed by atoms with van der Waals surface area (Å²) < 4.78 is 5.42. The van der Waals surface area contributed by atoms with Crippen LogP contribution in [0, 0.1) is 0 Å². The van der Waals surface area contributed by atoms with Gasteiger partial charge in [0.05, 0.1) is 5.69 Å². The molecule has 0 unspecified atom stereocenters. The topological polar surface area (TPSA) is 3.24 Å². The normalized spacial score (nSPS) is 14.9. The maximum atomic E-state index is 2.68. The highest BCUT2D eigenvalue weighted by Crippen LogP contribution is 2.50. The molecule has 0 aliphatic carbocycles. The molecule has 0 atom stereocenters. The molecular weight excluding hydrogens is 774 g/mol. The molecule has 0 fully saturated rings. The Labute approximate surface area is 370 Å². The summed E-state index contributed by atoms with van der Waals surface area (Å²) in [4.78, 5) is 2.68. The fourth-order valence-electron chi connectivity index (χ4n) is 10.4. The molecule has 2 aromatic heterocycles. The van der Waals surface area contributed by atoms with Gasteiger partial charge in [-0.05, 0) is 115 Å². The van der Waals surface area contributed by atoms with Gasteiger partial charge >= 0.3 is 0 Å². The number of benzene rings is 7. The van der Waals surface area contributed by atoms with Crippen LogP contribution in [-0.2, 0) is 21.7 Å². The first-order chi connectivity index (χ1) is 28.9. The average molecular weight is 828 g/mol. The SMILES string of the molecule is CC(C)(C)c1ccc(-c2cc(C(C)(C)C)ccc2N2c3cc4c(cc3B3c5cc6sc7ccccc7c6cc5C(C)(C)c5cc(C(C)(C)C)cc2c53)sc2ccccc24)cc1. The lowest BCUT2D eigenvalue weighted by molar-refractivity contribution is 0.583. The summed E-state index contributed by atoms with van der Waals surface area (Å²) in [5.41, 5.74) is 17.3. The summed E-state index contributed by atoms with van der Waals surface area (Å²) in [6, 6.07) is 50.1. The fourth-order valence-corrected chi connectivity index (χ4v) is 12.7. The zero-order valence-corrected chi connectivity index (χ0v) is 39.1. The van der Waals surface area contributed by atoms with Gasteiger partial charge in [0.15, 0.2) is 0 Å². The molecule has 11 rings (SSSR count). The molecule has 0 N–H and O–H groups in total. The van der Waals surface area contributed by atoms with Crippen LogP contribution >= 0.6 is 22.7 Å². The Kier molecular flexibility index (Phi) is 8.22. The number of thiophene rings is 2. The number of nitrogens with zero attached hydrogens (tertiary/aromatic N) is 1. The lowest BCUT2D eigenvalue weighted by atomic mass is 9.30. The van der Waals surface area contributed by atoms with Crippen LogP contribution in [0.25, 0.3) is 51.5 Å². The number of rotatable bonds is 2. The van der Waals surface area contributed by atoms with Gasteiger partial charge in [-0.3, -0.25) is 0 Å². The van der Waals surface area contributed by atoms with Gasteiger partial charge in [-0.15, -0.1) is 22.7 Å². The number of fused-ring (bicyclic) bond motifs is 10. The monoisotopic (exact) mass is 827 g/mol. The second kappa shape index (κ2) is 12.9. The smallest absolute Gasteiger partial charge is 0.247 e. The van der Waals surface area contributed by atoms with E-state index in [2.05, 4.69) is 208 Å². The molecule has 2 aliphatic heterocycles. The molecular formula is C57H54BNS2. The summed E-state index contributed by atoms with van der Waals surface area (Å²) in [5, 5.41) is 5.40. The molecule has 0 spiro atoms. The van der Waals surface area contributed by atoms with Crippen LogP contribution < -0.4 is 21.3 Å². The lowest BCUT2D eigenvalue weighted by Gasteiger charge is -2.46. The van der Waals surface area contributed by atoms with Gasteiger partial charge < -0.3 is 4.90 Å². The summed E-state index contributed by atoms with van der Waals surface area (Å²) >= 11 is 3.87. The molecule has 7 aromatic carbocycles. The average Bonchev–Trinajstić information content (AvgIpc) is 3.77. The van der Waals surface area contributed by atoms with E-state index in [0.717, 1.165) is 0 Å². The van der Waals surface area contributed by atoms with Gasteiger partial charge in [0, 0.05) is 62.7 Å². The first-order valence-electron chi connectivity index (χ1n) is 22.0. The van der Waals surface area contributed by atoms with Crippen molar-refractivity contribution in [1.29, 1.82) is 0 Å². The minimum Gasteiger partial charge on any atom is -0.311 e. The van der Waals surface area contributed by atoms with E-state index in [-0.39, 0.29) is 28.4 Å². The summed E-state index contributed by atoms with van der Waals surface area (Å²) in [7, 11) is 0. The van der Waals surface area contributed by atoms with E-state index < -0.39 is 0 Å². The maximum Gasteiger partial charge on any atom is 0.247 e. The van der Waals surface area contributed by atoms with Gasteiger partial charge in [0.1, 0.15) is 0 Å². The van der Waals surface area contributed by atoms with Gasteiger partial charge in [0.25, 0.3) is 0 Å². The van der Waals surface area contributed by atoms with E-state index in [1.54, 1.807) is 0 Å². The predicted octanol–water partition coefficient (Wildman–Crippen LogP) is 14.9. The van der Waals surface area contributed by atoms with Crippen LogP contribution in [0.1, 0.15) is 104 Å². The molecule has 0 amide bonds. The van der Waals surface area contributed by atoms with Crippen molar-refractivity contribution in [2.45, 2.75) is 97.8 Å². The highest BCUT2D eigenvalue weighted by Gasteiger charge is 2.47. The Bertz CT molecular complexity index is 3280. The lowest BCUT2D eigenvalue weighted by Crippen LogP contribution is -2.64. The maximum absolute atomic E-state index is 2.68. The Balaban J connectivity index is 1.28. The molecule has 0 radical (unpaired) electrons. The second-order valence-corrected chi connectivity index (χ2v) is 23.6. The van der Waals surface area contributed by atoms with E-state index in [1.165, 1.54) is 113 Å². The number of hydrogen-bond acceptors (Lipinski definition) is 3. The minimum atomic E-state index is -0.235. The van der Waals surface area contributed by atoms with E-state index in [0.29, 0.717) is 0 Å². The molecule has 0 bridgehead atoms. The van der Waals surface area contributed by atoms with Crippen LogP contribution in [0.5, 0.6) is 0 Å². The highest BCUT2D eigenvalue weighted by atomic mass is 32.1. The standard InChI is InChI=1S/C57H54BNS2/c1-54(2,3)34-22-20-33(21-23-34)39-26-35(55(4,5)6)24-25-46(39)59-47-30-41-38-17-13-15-19-50(38)61-52(41)32-45(47)58-44-31-51-40(37-16-12-14-18-49(37)60-51)29-42(44)57(10,11)43-27-36(56(7,8)9)28-48(59)53(43)58/h12-32H,1-11H3. The third-order valence-electron chi connectivity index (χ3n) is 14.0. The number of anilines is 3. The first-order valence-corrected chi connectivity index (χ1v) is 23.7. The van der Waals surface area contributed by atoms with E-state index >= 15 is 0 Å². The minimum absolute atomic E-state index is 0.0116. The summed E-state index contributed by atoms with van der Waals surface area (Å²) in [6.45, 7) is 26.1. The van der Waals surface area contributed by atoms with Crippen LogP contribution in [0.3, 0.4) is 0 Å². The van der Waals surface area contributed by atoms with Crippen molar-refractivity contribution in [3.05, 3.63) is 155 Å². The van der Waals surface area contributed by atoms with Crippen molar-refractivity contribution in [1.82, 2.24) is 0 Å². The van der Waals surface area contributed by atoms with Crippen LogP contribution in [0.15, 0.2) is 127 Å². The number of hydrogen-bond donors (Lipinski definition) is 0. The van der Waals surface area contributed by atoms with Crippen molar-refractivity contribution in [2.75, 3.05) is 4.90 Å². The van der Waals surface area contributed by atoms with Gasteiger partial charge in [0.2, 0.25) is 6.71 Å². The third-order valence-corrected chi connectivity index (χ3v) is 16.3. The van der Waals surface area contributed by atoms with Crippen molar-refractivity contribution >= 4 is 103 Å². The first kappa shape index (κ1) is 38.7. The largest absolute Gasteiger partial charge is 0.311 e. The van der Waals surface area contributed by atoms with Gasteiger partial charge in [-0.25, -0.2) is 0 Å². The Hall–Kier alpha value is -5.16. The van der Waals surface area contributed by atoms with Crippen LogP contribution in [0.2, 0.25) is 0 Å². The van der Waals surface area contributed by atoms with Gasteiger partial charge in [-0.2, -0.15) is 0 Å². The summed E-state index contributed by atoms with van der Waals surface area (Å²) in [6.07, 6.45) is 0. The molecule has 0 saturated carbocycles. The van der Waals surface area contributed by atoms with Crippen LogP contribution in [-0.4, -0.2) is 6.71 Å². The molecule has 61 heavy (non-hydrogen) atoms. The molecule has 1 nitrogen and oxygen atoms in total. The van der Waals surface area contributed by atoms with Crippen molar-refractivity contribution in [2.24, 2.45) is 0 Å². The molecule has 0 saturated heterocycles. The quantitative estimate of drug-likeness (QED) is 0.157. The van der Waals surface area contributed by atoms with E-state index in [9.17, 15) is 0 Å². The zero-order chi connectivity index (χ0) is 42.5. The highest BCUT2D eigenvalue weighted by molar-refractivity contribution is 7.26. The molecule has 2 aliphatic rings. The molecule has 4 heterocycles. The van der Waals surface area contributed by atoms with Crippen molar-refractivity contribution < 1.29 is 0 Å². The van der Waals surface area contributed by atoms with Gasteiger partial charge in [-0.1, -0.05) is 154 Å². The Morgan fingerprint density at radius 1 is 0.443 bits per heavy atom. The molecule has 4 heteroatoms. The Morgan fingerprint density at radius 2 is 1.00 bits per heavy atom. The second-order valence-electron chi connectivity index (χ2n) is 21.4. The summed E-state index contributed by atoms with van der Waals surface area (Å²) in [5.74, 6) is 0. The van der Waals surface area contributed by atoms with E-state index in [4.69, 9.17) is 0 Å². The van der Waals surface area contributed by atoms with Crippen molar-refractivity contribution in [3.63, 3.8) is 0 Å². The molecule has 302 valence electrons. The fraction of sp³-hybridized carbons (Fsp3) is 0.263. The third kappa shape index (κ3) is 5.85. The van der Waals surface area contributed by atoms with Crippen molar-refractivity contribution in [3.8, 4) is 11.1 Å².